The second kappa shape index (κ2) is 7.70. The van der Waals surface area contributed by atoms with Crippen LogP contribution in [0.5, 0.6) is 0 Å². The maximum Gasteiger partial charge on any atom is 0.241 e. The van der Waals surface area contributed by atoms with E-state index in [4.69, 9.17) is 4.43 Å². The largest absolute Gasteiger partial charge is 0.546 e. The molecule has 0 heterocycles. The van der Waals surface area contributed by atoms with E-state index in [2.05, 4.69) is 86.6 Å². The molecule has 0 aliphatic rings. The summed E-state index contributed by atoms with van der Waals surface area (Å²) < 4.78 is 6.45. The molecule has 0 spiro atoms. The summed E-state index contributed by atoms with van der Waals surface area (Å²) in [7, 11) is -1.66. The minimum Gasteiger partial charge on any atom is -0.546 e. The molecule has 2 aromatic carbocycles. The Kier molecular flexibility index (Phi) is 5.92. The molecule has 0 atom stereocenters. The van der Waals surface area contributed by atoms with Crippen LogP contribution >= 0.6 is 11.8 Å². The number of rotatable bonds is 6. The van der Waals surface area contributed by atoms with Gasteiger partial charge in [0.25, 0.3) is 0 Å². The summed E-state index contributed by atoms with van der Waals surface area (Å²) in [6.45, 7) is 6.71. The van der Waals surface area contributed by atoms with Crippen molar-refractivity contribution < 1.29 is 4.43 Å². The molecule has 2 aromatic rings. The van der Waals surface area contributed by atoms with Gasteiger partial charge in [-0.2, -0.15) is 0 Å². The predicted molar refractivity (Wildman–Crippen MR) is 101 cm³/mol. The van der Waals surface area contributed by atoms with Crippen molar-refractivity contribution in [2.24, 2.45) is 0 Å². The fourth-order valence-electron chi connectivity index (χ4n) is 2.30. The van der Waals surface area contributed by atoms with Gasteiger partial charge in [0.2, 0.25) is 8.32 Å². The summed E-state index contributed by atoms with van der Waals surface area (Å²) in [6, 6.07) is 21.1. The lowest BCUT2D eigenvalue weighted by atomic mass is 10.1. The summed E-state index contributed by atoms with van der Waals surface area (Å²) in [4.78, 5) is 1.24. The van der Waals surface area contributed by atoms with Crippen molar-refractivity contribution >= 4 is 25.0 Å². The van der Waals surface area contributed by atoms with Crippen LogP contribution in [-0.4, -0.2) is 14.6 Å². The molecule has 0 aliphatic heterocycles. The summed E-state index contributed by atoms with van der Waals surface area (Å²) >= 11 is 1.77. The molecule has 0 radical (unpaired) electrons. The first-order valence-electron chi connectivity index (χ1n) is 7.55. The van der Waals surface area contributed by atoms with Gasteiger partial charge in [0, 0.05) is 6.42 Å². The van der Waals surface area contributed by atoms with E-state index >= 15 is 0 Å². The summed E-state index contributed by atoms with van der Waals surface area (Å²) in [5.41, 5.74) is 2.53. The maximum absolute atomic E-state index is 6.45. The fraction of sp³-hybridized carbons (Fsp3) is 0.263. The van der Waals surface area contributed by atoms with E-state index in [0.717, 1.165) is 12.2 Å². The molecule has 0 saturated heterocycles. The molecule has 22 heavy (non-hydrogen) atoms. The molecule has 3 heteroatoms. The normalized spacial score (nSPS) is 12.7. The lowest BCUT2D eigenvalue weighted by Crippen LogP contribution is -2.26. The quantitative estimate of drug-likeness (QED) is 0.488. The minimum absolute atomic E-state index is 0.843. The van der Waals surface area contributed by atoms with Crippen molar-refractivity contribution in [3.8, 4) is 0 Å². The second-order valence-electron chi connectivity index (χ2n) is 6.20. The molecule has 0 fully saturated rings. The standard InChI is InChI=1S/C19H24OSSi/c1-21-19(17-13-9-6-10-14-17)18(20-22(2,3)4)15-16-11-7-5-8-12-16/h5-14H,15H2,1-4H3/b19-18+. The zero-order valence-electron chi connectivity index (χ0n) is 13.8. The number of allylic oxidation sites excluding steroid dienone is 1. The van der Waals surface area contributed by atoms with Crippen LogP contribution in [0.15, 0.2) is 66.4 Å². The van der Waals surface area contributed by atoms with E-state index in [0.29, 0.717) is 0 Å². The Labute approximate surface area is 139 Å². The van der Waals surface area contributed by atoms with Gasteiger partial charge < -0.3 is 4.43 Å². The lowest BCUT2D eigenvalue weighted by Gasteiger charge is -2.24. The highest BCUT2D eigenvalue weighted by Gasteiger charge is 2.21. The Balaban J connectivity index is 2.43. The molecule has 0 N–H and O–H groups in total. The van der Waals surface area contributed by atoms with Gasteiger partial charge in [0.15, 0.2) is 0 Å². The monoisotopic (exact) mass is 328 g/mol. The van der Waals surface area contributed by atoms with E-state index < -0.39 is 8.32 Å². The predicted octanol–water partition coefficient (Wildman–Crippen LogP) is 5.81. The van der Waals surface area contributed by atoms with Gasteiger partial charge in [0.05, 0.1) is 10.7 Å². The van der Waals surface area contributed by atoms with Gasteiger partial charge in [-0.3, -0.25) is 0 Å². The number of benzene rings is 2. The molecule has 0 unspecified atom stereocenters. The Morgan fingerprint density at radius 1 is 0.909 bits per heavy atom. The van der Waals surface area contributed by atoms with Gasteiger partial charge in [-0.1, -0.05) is 60.7 Å². The first-order chi connectivity index (χ1) is 10.5. The van der Waals surface area contributed by atoms with Crippen LogP contribution in [-0.2, 0) is 10.8 Å². The molecule has 2 rings (SSSR count). The molecule has 0 aromatic heterocycles. The van der Waals surface area contributed by atoms with Crippen molar-refractivity contribution in [1.82, 2.24) is 0 Å². The summed E-state index contributed by atoms with van der Waals surface area (Å²) in [5.74, 6) is 1.10. The van der Waals surface area contributed by atoms with Crippen molar-refractivity contribution in [1.29, 1.82) is 0 Å². The van der Waals surface area contributed by atoms with Crippen LogP contribution in [0, 0.1) is 0 Å². The van der Waals surface area contributed by atoms with Gasteiger partial charge in [-0.05, 0) is 37.0 Å². The molecule has 0 bridgehead atoms. The zero-order valence-corrected chi connectivity index (χ0v) is 15.6. The fourth-order valence-corrected chi connectivity index (χ4v) is 4.00. The Hall–Kier alpha value is -1.45. The van der Waals surface area contributed by atoms with Crippen LogP contribution in [0.25, 0.3) is 4.91 Å². The van der Waals surface area contributed by atoms with E-state index in [1.807, 2.05) is 0 Å². The number of thioether (sulfide) groups is 1. The van der Waals surface area contributed by atoms with Crippen molar-refractivity contribution in [3.05, 3.63) is 77.5 Å². The molecule has 0 aliphatic carbocycles. The van der Waals surface area contributed by atoms with E-state index in [1.165, 1.54) is 16.0 Å². The van der Waals surface area contributed by atoms with Crippen LogP contribution in [0.2, 0.25) is 19.6 Å². The van der Waals surface area contributed by atoms with Gasteiger partial charge in [-0.15, -0.1) is 11.8 Å². The molecular formula is C19H24OSSi. The van der Waals surface area contributed by atoms with Crippen LogP contribution < -0.4 is 0 Å². The highest BCUT2D eigenvalue weighted by atomic mass is 32.2. The molecule has 0 amide bonds. The highest BCUT2D eigenvalue weighted by Crippen LogP contribution is 2.32. The summed E-state index contributed by atoms with van der Waals surface area (Å²) in [5, 5.41) is 0. The third kappa shape index (κ3) is 5.07. The molecular weight excluding hydrogens is 304 g/mol. The summed E-state index contributed by atoms with van der Waals surface area (Å²) in [6.07, 6.45) is 2.97. The van der Waals surface area contributed by atoms with E-state index in [1.54, 1.807) is 11.8 Å². The van der Waals surface area contributed by atoms with Gasteiger partial charge in [-0.25, -0.2) is 0 Å². The SMILES string of the molecule is CS/C(=C(\Cc1ccccc1)O[Si](C)(C)C)c1ccccc1. The Morgan fingerprint density at radius 2 is 1.45 bits per heavy atom. The van der Waals surface area contributed by atoms with E-state index in [-0.39, 0.29) is 0 Å². The number of hydrogen-bond acceptors (Lipinski definition) is 2. The highest BCUT2D eigenvalue weighted by molar-refractivity contribution is 8.07. The van der Waals surface area contributed by atoms with Crippen LogP contribution in [0.1, 0.15) is 11.1 Å². The molecule has 0 saturated carbocycles. The van der Waals surface area contributed by atoms with E-state index in [9.17, 15) is 0 Å². The first kappa shape index (κ1) is 16.9. The lowest BCUT2D eigenvalue weighted by molar-refractivity contribution is 0.414. The molecule has 1 nitrogen and oxygen atoms in total. The topological polar surface area (TPSA) is 9.23 Å². The minimum atomic E-state index is -1.66. The zero-order chi connectivity index (χ0) is 16.0. The van der Waals surface area contributed by atoms with Crippen molar-refractivity contribution in [2.75, 3.05) is 6.26 Å². The van der Waals surface area contributed by atoms with Gasteiger partial charge >= 0.3 is 0 Å². The average molecular weight is 329 g/mol. The molecule has 116 valence electrons. The second-order valence-corrected chi connectivity index (χ2v) is 11.4. The van der Waals surface area contributed by atoms with Crippen molar-refractivity contribution in [2.45, 2.75) is 26.1 Å². The van der Waals surface area contributed by atoms with Crippen LogP contribution in [0.3, 0.4) is 0 Å². The maximum atomic E-state index is 6.45. The smallest absolute Gasteiger partial charge is 0.241 e. The Morgan fingerprint density at radius 3 is 1.95 bits per heavy atom. The average Bonchev–Trinajstić information content (AvgIpc) is 2.48. The van der Waals surface area contributed by atoms with Crippen molar-refractivity contribution in [3.63, 3.8) is 0 Å². The van der Waals surface area contributed by atoms with Crippen LogP contribution in [0.4, 0.5) is 0 Å². The third-order valence-corrected chi connectivity index (χ3v) is 4.86. The number of hydrogen-bond donors (Lipinski definition) is 0. The van der Waals surface area contributed by atoms with Gasteiger partial charge in [0.1, 0.15) is 0 Å². The third-order valence-electron chi connectivity index (χ3n) is 3.13. The Bertz CT molecular complexity index is 615. The first-order valence-corrected chi connectivity index (χ1v) is 12.2.